The number of furan rings is 1. The van der Waals surface area contributed by atoms with E-state index in [1.54, 1.807) is 12.2 Å². The van der Waals surface area contributed by atoms with Gasteiger partial charge in [-0.1, -0.05) is 95.0 Å². The van der Waals surface area contributed by atoms with E-state index in [9.17, 15) is 0 Å². The molecule has 0 bridgehead atoms. The molecule has 0 fully saturated rings. The normalized spacial score (nSPS) is 10.6. The van der Waals surface area contributed by atoms with Gasteiger partial charge in [-0.05, 0) is 40.7 Å². The van der Waals surface area contributed by atoms with Crippen LogP contribution in [0, 0.1) is 6.92 Å². The summed E-state index contributed by atoms with van der Waals surface area (Å²) in [4.78, 5) is 0. The summed E-state index contributed by atoms with van der Waals surface area (Å²) in [5.74, 6) is 1.78. The highest BCUT2D eigenvalue weighted by Crippen LogP contribution is 2.26. The zero-order chi connectivity index (χ0) is 21.0. The van der Waals surface area contributed by atoms with Crippen LogP contribution in [-0.4, -0.2) is 0 Å². The molecule has 0 unspecified atom stereocenters. The summed E-state index contributed by atoms with van der Waals surface area (Å²) in [6.45, 7) is 25.3. The largest absolute Gasteiger partial charge is 0.461 e. The molecule has 0 aliphatic heterocycles. The van der Waals surface area contributed by atoms with E-state index in [1.807, 2.05) is 98.8 Å². The Morgan fingerprint density at radius 1 is 0.846 bits per heavy atom. The molecule has 0 radical (unpaired) electrons. The Hall–Kier alpha value is -2.28. The van der Waals surface area contributed by atoms with Gasteiger partial charge < -0.3 is 4.42 Å². The van der Waals surface area contributed by atoms with Crippen molar-refractivity contribution in [3.8, 4) is 0 Å². The first-order chi connectivity index (χ1) is 12.5. The van der Waals surface area contributed by atoms with Crippen LogP contribution in [0.4, 0.5) is 0 Å². The zero-order valence-corrected chi connectivity index (χ0v) is 18.5. The average molecular weight is 357 g/mol. The second-order valence-electron chi connectivity index (χ2n) is 4.70. The minimum Gasteiger partial charge on any atom is -0.461 e. The van der Waals surface area contributed by atoms with Crippen LogP contribution in [0.15, 0.2) is 59.6 Å². The molecule has 1 aromatic rings. The van der Waals surface area contributed by atoms with E-state index in [1.165, 1.54) is 5.57 Å². The number of hydrogen-bond acceptors (Lipinski definition) is 1. The Balaban J connectivity index is -0.000000377. The molecule has 0 aromatic carbocycles. The molecule has 0 saturated heterocycles. The molecule has 0 aliphatic rings. The second kappa shape index (κ2) is 20.8. The fraction of sp³-hybridized carbons (Fsp3) is 0.360. The molecule has 0 atom stereocenters. The average Bonchev–Trinajstić information content (AvgIpc) is 2.96. The maximum absolute atomic E-state index is 5.58. The second-order valence-corrected chi connectivity index (χ2v) is 4.70. The highest BCUT2D eigenvalue weighted by molar-refractivity contribution is 5.72. The van der Waals surface area contributed by atoms with E-state index < -0.39 is 0 Å². The van der Waals surface area contributed by atoms with Crippen LogP contribution in [-0.2, 0) is 0 Å². The van der Waals surface area contributed by atoms with Gasteiger partial charge in [-0.2, -0.15) is 0 Å². The molecule has 0 N–H and O–H groups in total. The number of hydrogen-bond donors (Lipinski definition) is 0. The van der Waals surface area contributed by atoms with Crippen molar-refractivity contribution in [3.63, 3.8) is 0 Å². The van der Waals surface area contributed by atoms with Crippen LogP contribution in [0.5, 0.6) is 0 Å². The van der Waals surface area contributed by atoms with Gasteiger partial charge in [0, 0.05) is 11.1 Å². The van der Waals surface area contributed by atoms with Crippen LogP contribution in [0.2, 0.25) is 0 Å². The number of rotatable bonds is 5. The quantitative estimate of drug-likeness (QED) is 0.479. The van der Waals surface area contributed by atoms with Gasteiger partial charge in [0.05, 0.1) is 0 Å². The lowest BCUT2D eigenvalue weighted by Gasteiger charge is -1.92. The Morgan fingerprint density at radius 2 is 1.35 bits per heavy atom. The van der Waals surface area contributed by atoms with Gasteiger partial charge in [0.25, 0.3) is 0 Å². The van der Waals surface area contributed by atoms with Crippen LogP contribution in [0.25, 0.3) is 18.2 Å². The van der Waals surface area contributed by atoms with Gasteiger partial charge in [0.2, 0.25) is 0 Å². The first-order valence-electron chi connectivity index (χ1n) is 9.48. The molecule has 0 spiro atoms. The van der Waals surface area contributed by atoms with E-state index in [0.717, 1.165) is 22.6 Å². The third-order valence-electron chi connectivity index (χ3n) is 2.86. The molecule has 1 aromatic heterocycles. The monoisotopic (exact) mass is 356 g/mol. The Bertz CT molecular complexity index is 590. The topological polar surface area (TPSA) is 13.1 Å². The minimum atomic E-state index is 0.841. The zero-order valence-electron chi connectivity index (χ0n) is 18.5. The Morgan fingerprint density at radius 3 is 1.73 bits per heavy atom. The molecule has 1 heterocycles. The van der Waals surface area contributed by atoms with Crippen molar-refractivity contribution in [2.24, 2.45) is 0 Å². The van der Waals surface area contributed by atoms with Gasteiger partial charge >= 0.3 is 0 Å². The van der Waals surface area contributed by atoms with E-state index >= 15 is 0 Å². The SMILES string of the molecule is C=C/C=C(C)\C=C/C.C=Cc1oc(C)c(/C=C\C)c1/C=C\C.CC.CC. The summed E-state index contributed by atoms with van der Waals surface area (Å²) in [7, 11) is 0. The third-order valence-corrected chi connectivity index (χ3v) is 2.86. The van der Waals surface area contributed by atoms with Crippen molar-refractivity contribution < 1.29 is 4.42 Å². The lowest BCUT2D eigenvalue weighted by Crippen LogP contribution is -1.77. The molecule has 1 rings (SSSR count). The van der Waals surface area contributed by atoms with Crippen molar-refractivity contribution in [2.45, 2.75) is 62.3 Å². The molecule has 0 amide bonds. The number of allylic oxidation sites excluding steroid dienone is 7. The van der Waals surface area contributed by atoms with Crippen molar-refractivity contribution in [1.82, 2.24) is 0 Å². The Kier molecular flexibility index (Phi) is 22.8. The van der Waals surface area contributed by atoms with Gasteiger partial charge in [-0.25, -0.2) is 0 Å². The Labute approximate surface area is 163 Å². The molecule has 0 saturated carbocycles. The molecular weight excluding hydrogens is 316 g/mol. The lowest BCUT2D eigenvalue weighted by molar-refractivity contribution is 0.524. The van der Waals surface area contributed by atoms with Crippen molar-refractivity contribution in [3.05, 3.63) is 77.8 Å². The smallest absolute Gasteiger partial charge is 0.134 e. The summed E-state index contributed by atoms with van der Waals surface area (Å²) < 4.78 is 5.58. The van der Waals surface area contributed by atoms with Crippen LogP contribution < -0.4 is 0 Å². The van der Waals surface area contributed by atoms with Gasteiger partial charge in [0.15, 0.2) is 0 Å². The maximum Gasteiger partial charge on any atom is 0.134 e. The first-order valence-corrected chi connectivity index (χ1v) is 9.48. The van der Waals surface area contributed by atoms with Crippen molar-refractivity contribution in [1.29, 1.82) is 0 Å². The molecule has 1 nitrogen and oxygen atoms in total. The van der Waals surface area contributed by atoms with Crippen LogP contribution in [0.1, 0.15) is 78.0 Å². The molecule has 26 heavy (non-hydrogen) atoms. The predicted octanol–water partition coefficient (Wildman–Crippen LogP) is 9.04. The van der Waals surface area contributed by atoms with Gasteiger partial charge in [-0.3, -0.25) is 0 Å². The molecule has 0 aliphatic carbocycles. The first kappa shape index (κ1) is 28.5. The van der Waals surface area contributed by atoms with E-state index in [4.69, 9.17) is 4.42 Å². The van der Waals surface area contributed by atoms with Crippen molar-refractivity contribution >= 4 is 18.2 Å². The van der Waals surface area contributed by atoms with E-state index in [-0.39, 0.29) is 0 Å². The fourth-order valence-electron chi connectivity index (χ4n) is 1.97. The van der Waals surface area contributed by atoms with Gasteiger partial charge in [0.1, 0.15) is 11.5 Å². The maximum atomic E-state index is 5.58. The highest BCUT2D eigenvalue weighted by Gasteiger charge is 2.10. The van der Waals surface area contributed by atoms with Crippen molar-refractivity contribution in [2.75, 3.05) is 0 Å². The van der Waals surface area contributed by atoms with Gasteiger partial charge in [-0.15, -0.1) is 0 Å². The summed E-state index contributed by atoms with van der Waals surface area (Å²) >= 11 is 0. The summed E-state index contributed by atoms with van der Waals surface area (Å²) in [5, 5.41) is 0. The van der Waals surface area contributed by atoms with E-state index in [2.05, 4.69) is 19.2 Å². The standard InChI is InChI=1S/C13H16O.C8H12.2C2H6/c1-5-8-11-10(4)14-13(7-3)12(11)9-6-2;1-4-6-8(3)7-5-2;2*1-2/h5-9H,3H2,1-2,4H3;4-7H,1H2,2-3H3;2*1-2H3/b8-5-,9-6-;7-5-,8-6-;;. The van der Waals surface area contributed by atoms with Crippen LogP contribution >= 0.6 is 0 Å². The predicted molar refractivity (Wildman–Crippen MR) is 124 cm³/mol. The fourth-order valence-corrected chi connectivity index (χ4v) is 1.97. The molecular formula is C25H40O. The summed E-state index contributed by atoms with van der Waals surface area (Å²) in [5.41, 5.74) is 3.49. The molecule has 1 heteroatoms. The third kappa shape index (κ3) is 12.1. The summed E-state index contributed by atoms with van der Waals surface area (Å²) in [6.07, 6.45) is 17.7. The van der Waals surface area contributed by atoms with E-state index in [0.29, 0.717) is 0 Å². The summed E-state index contributed by atoms with van der Waals surface area (Å²) in [6, 6.07) is 0. The minimum absolute atomic E-state index is 0.841. The highest BCUT2D eigenvalue weighted by atomic mass is 16.3. The van der Waals surface area contributed by atoms with Crippen LogP contribution in [0.3, 0.4) is 0 Å². The lowest BCUT2D eigenvalue weighted by atomic mass is 10.1. The molecule has 146 valence electrons. The number of aryl methyl sites for hydroxylation is 1.